The number of hydrogen-bond donors (Lipinski definition) is 2. The van der Waals surface area contributed by atoms with E-state index in [9.17, 15) is 13.6 Å². The minimum Gasteiger partial charge on any atom is -0.352 e. The minimum atomic E-state index is -2.58. The van der Waals surface area contributed by atoms with E-state index in [0.717, 1.165) is 11.3 Å². The molecule has 6 nitrogen and oxygen atoms in total. The van der Waals surface area contributed by atoms with Crippen LogP contribution in [0.4, 0.5) is 8.78 Å². The third-order valence-corrected chi connectivity index (χ3v) is 3.77. The maximum Gasteiger partial charge on any atom is 0.248 e. The van der Waals surface area contributed by atoms with Gasteiger partial charge < -0.3 is 11.1 Å². The Labute approximate surface area is 125 Å². The first-order valence-electron chi connectivity index (χ1n) is 7.13. The van der Waals surface area contributed by atoms with Crippen LogP contribution in [0.2, 0.25) is 0 Å². The van der Waals surface area contributed by atoms with Gasteiger partial charge in [0, 0.05) is 32.4 Å². The molecule has 8 heteroatoms. The molecule has 0 radical (unpaired) electrons. The lowest BCUT2D eigenvalue weighted by Gasteiger charge is -2.34. The molecule has 2 aromatic heterocycles. The number of rotatable bonds is 5. The maximum absolute atomic E-state index is 12.7. The van der Waals surface area contributed by atoms with E-state index in [2.05, 4.69) is 15.4 Å². The fourth-order valence-corrected chi connectivity index (χ4v) is 2.62. The zero-order valence-corrected chi connectivity index (χ0v) is 11.9. The average molecular weight is 309 g/mol. The highest BCUT2D eigenvalue weighted by atomic mass is 19.3. The zero-order chi connectivity index (χ0) is 15.7. The maximum atomic E-state index is 12.7. The summed E-state index contributed by atoms with van der Waals surface area (Å²) in [6.07, 6.45) is 3.14. The molecule has 0 aliphatic heterocycles. The number of hydrogen-bond acceptors (Lipinski definition) is 4. The Morgan fingerprint density at radius 3 is 2.95 bits per heavy atom. The van der Waals surface area contributed by atoms with E-state index in [1.54, 1.807) is 16.9 Å². The van der Waals surface area contributed by atoms with Gasteiger partial charge in [-0.1, -0.05) is 0 Å². The molecule has 118 valence electrons. The number of nitrogens with zero attached hydrogens (tertiary/aromatic N) is 3. The van der Waals surface area contributed by atoms with Gasteiger partial charge >= 0.3 is 0 Å². The van der Waals surface area contributed by atoms with Gasteiger partial charge in [0.2, 0.25) is 11.8 Å². The molecule has 0 atom stereocenters. The molecule has 0 spiro atoms. The lowest BCUT2D eigenvalue weighted by molar-refractivity contribution is -0.133. The molecule has 1 aliphatic carbocycles. The van der Waals surface area contributed by atoms with E-state index >= 15 is 0 Å². The smallest absolute Gasteiger partial charge is 0.248 e. The Bertz CT molecular complexity index is 692. The van der Waals surface area contributed by atoms with Gasteiger partial charge in [0.25, 0.3) is 0 Å². The molecule has 1 amide bonds. The summed E-state index contributed by atoms with van der Waals surface area (Å²) < 4.78 is 27.0. The largest absolute Gasteiger partial charge is 0.352 e. The number of carbonyl (C=O) groups excluding carboxylic acids is 1. The van der Waals surface area contributed by atoms with Gasteiger partial charge in [0.05, 0.1) is 18.1 Å². The molecule has 0 unspecified atom stereocenters. The second kappa shape index (κ2) is 5.60. The minimum absolute atomic E-state index is 0.145. The summed E-state index contributed by atoms with van der Waals surface area (Å²) in [5.41, 5.74) is 7.71. The van der Waals surface area contributed by atoms with E-state index < -0.39 is 5.92 Å². The van der Waals surface area contributed by atoms with E-state index in [0.29, 0.717) is 18.7 Å². The van der Waals surface area contributed by atoms with Gasteiger partial charge in [0.1, 0.15) is 0 Å². The van der Waals surface area contributed by atoms with E-state index in [-0.39, 0.29) is 31.1 Å². The van der Waals surface area contributed by atoms with Crippen molar-refractivity contribution in [2.24, 2.45) is 11.7 Å². The summed E-state index contributed by atoms with van der Waals surface area (Å²) in [6.45, 7) is 0.637. The second-order valence-electron chi connectivity index (χ2n) is 5.71. The fourth-order valence-electron chi connectivity index (χ4n) is 2.62. The molecule has 3 rings (SSSR count). The van der Waals surface area contributed by atoms with Crippen LogP contribution in [-0.4, -0.2) is 26.4 Å². The molecule has 1 aliphatic rings. The number of fused-ring (bicyclic) bond motifs is 1. The van der Waals surface area contributed by atoms with E-state index in [1.165, 1.54) is 0 Å². The Balaban J connectivity index is 1.53. The number of alkyl halides is 2. The fraction of sp³-hybridized carbons (Fsp3) is 0.500. The molecule has 0 aromatic carbocycles. The number of nitrogens with one attached hydrogen (secondary N) is 1. The summed E-state index contributed by atoms with van der Waals surface area (Å²) in [4.78, 5) is 16.0. The molecule has 1 fully saturated rings. The van der Waals surface area contributed by atoms with Crippen LogP contribution < -0.4 is 11.1 Å². The molecular formula is C14H17F2N5O. The monoisotopic (exact) mass is 309 g/mol. The molecule has 2 heterocycles. The highest BCUT2D eigenvalue weighted by molar-refractivity contribution is 5.76. The van der Waals surface area contributed by atoms with Crippen LogP contribution in [-0.2, 0) is 17.9 Å². The highest BCUT2D eigenvalue weighted by Crippen LogP contribution is 2.43. The summed E-state index contributed by atoms with van der Waals surface area (Å²) >= 11 is 0. The summed E-state index contributed by atoms with van der Waals surface area (Å²) in [7, 11) is 0. The molecular weight excluding hydrogens is 292 g/mol. The predicted molar refractivity (Wildman–Crippen MR) is 75.0 cm³/mol. The Morgan fingerprint density at radius 1 is 1.50 bits per heavy atom. The van der Waals surface area contributed by atoms with Gasteiger partial charge in [-0.3, -0.25) is 4.79 Å². The molecule has 1 saturated carbocycles. The average Bonchev–Trinajstić information content (AvgIpc) is 2.85. The van der Waals surface area contributed by atoms with Crippen LogP contribution >= 0.6 is 0 Å². The van der Waals surface area contributed by atoms with Crippen molar-refractivity contribution in [1.29, 1.82) is 0 Å². The van der Waals surface area contributed by atoms with Crippen LogP contribution in [0, 0.1) is 5.92 Å². The molecule has 0 bridgehead atoms. The highest BCUT2D eigenvalue weighted by Gasteiger charge is 2.45. The first-order valence-corrected chi connectivity index (χ1v) is 7.13. The van der Waals surface area contributed by atoms with Crippen molar-refractivity contribution >= 4 is 11.6 Å². The number of aromatic nitrogens is 3. The number of amides is 1. The predicted octanol–water partition coefficient (Wildman–Crippen LogP) is 1.24. The van der Waals surface area contributed by atoms with Crippen LogP contribution in [0.1, 0.15) is 30.5 Å². The zero-order valence-electron chi connectivity index (χ0n) is 11.9. The first kappa shape index (κ1) is 14.8. The van der Waals surface area contributed by atoms with Crippen LogP contribution in [0.25, 0.3) is 5.65 Å². The Morgan fingerprint density at radius 2 is 2.27 bits per heavy atom. The van der Waals surface area contributed by atoms with Gasteiger partial charge in [-0.15, -0.1) is 0 Å². The quantitative estimate of drug-likeness (QED) is 0.870. The molecule has 2 aromatic rings. The van der Waals surface area contributed by atoms with Gasteiger partial charge in [-0.25, -0.2) is 18.3 Å². The number of carbonyl (C=O) groups is 1. The Kier molecular flexibility index (Phi) is 3.78. The lowest BCUT2D eigenvalue weighted by Crippen LogP contribution is -2.38. The first-order chi connectivity index (χ1) is 10.4. The standard InChI is InChI=1S/C14H17F2N5O/c15-14(16)3-9(4-14)2-13(22)18-6-10-1-12-20-11(5-17)8-21(12)19-7-10/h1,7-9H,2-6,17H2,(H,18,22). The van der Waals surface area contributed by atoms with E-state index in [4.69, 9.17) is 5.73 Å². The second-order valence-corrected chi connectivity index (χ2v) is 5.71. The van der Waals surface area contributed by atoms with Crippen molar-refractivity contribution in [3.63, 3.8) is 0 Å². The summed E-state index contributed by atoms with van der Waals surface area (Å²) in [5.74, 6) is -3.01. The van der Waals surface area contributed by atoms with E-state index in [1.807, 2.05) is 6.07 Å². The molecule has 0 saturated heterocycles. The third kappa shape index (κ3) is 3.22. The van der Waals surface area contributed by atoms with Crippen LogP contribution in [0.15, 0.2) is 18.5 Å². The van der Waals surface area contributed by atoms with Crippen molar-refractivity contribution < 1.29 is 13.6 Å². The molecule has 3 N–H and O–H groups in total. The number of imidazole rings is 1. The van der Waals surface area contributed by atoms with Crippen molar-refractivity contribution in [2.45, 2.75) is 38.3 Å². The Hall–Kier alpha value is -2.09. The summed E-state index contributed by atoms with van der Waals surface area (Å²) in [6, 6.07) is 1.81. The van der Waals surface area contributed by atoms with Crippen molar-refractivity contribution in [3.8, 4) is 0 Å². The van der Waals surface area contributed by atoms with Crippen molar-refractivity contribution in [1.82, 2.24) is 19.9 Å². The topological polar surface area (TPSA) is 85.3 Å². The van der Waals surface area contributed by atoms with Crippen LogP contribution in [0.3, 0.4) is 0 Å². The third-order valence-electron chi connectivity index (χ3n) is 3.77. The van der Waals surface area contributed by atoms with Crippen molar-refractivity contribution in [2.75, 3.05) is 0 Å². The van der Waals surface area contributed by atoms with Gasteiger partial charge in [-0.2, -0.15) is 5.10 Å². The summed E-state index contributed by atoms with van der Waals surface area (Å²) in [5, 5.41) is 6.91. The lowest BCUT2D eigenvalue weighted by atomic mass is 9.79. The number of halogens is 2. The van der Waals surface area contributed by atoms with Gasteiger partial charge in [0.15, 0.2) is 5.65 Å². The van der Waals surface area contributed by atoms with Crippen molar-refractivity contribution in [3.05, 3.63) is 29.7 Å². The number of nitrogens with two attached hydrogens (primary N) is 1. The van der Waals surface area contributed by atoms with Gasteiger partial charge in [-0.05, 0) is 17.5 Å². The van der Waals surface area contributed by atoms with Crippen LogP contribution in [0.5, 0.6) is 0 Å². The SMILES string of the molecule is NCc1cn2ncc(CNC(=O)CC3CC(F)(F)C3)cc2n1. The molecule has 22 heavy (non-hydrogen) atoms. The normalized spacial score (nSPS) is 17.4.